The maximum Gasteiger partial charge on any atom is 0.0950 e. The Morgan fingerprint density at radius 3 is 2.28 bits per heavy atom. The molecule has 2 heteroatoms. The smallest absolute Gasteiger partial charge is 0.0950 e. The summed E-state index contributed by atoms with van der Waals surface area (Å²) in [5.41, 5.74) is 2.77. The molecular weight excluding hydrogens is 390 g/mol. The van der Waals surface area contributed by atoms with Crippen LogP contribution in [0.25, 0.3) is 0 Å². The van der Waals surface area contributed by atoms with Crippen LogP contribution in [0, 0.1) is 67.5 Å². The molecule has 0 amide bonds. The molecule has 0 unspecified atom stereocenters. The van der Waals surface area contributed by atoms with Crippen LogP contribution in [0.3, 0.4) is 0 Å². The van der Waals surface area contributed by atoms with Crippen LogP contribution in [0.5, 0.6) is 0 Å². The van der Waals surface area contributed by atoms with Crippen LogP contribution in [-0.2, 0) is 4.74 Å². The zero-order valence-electron chi connectivity index (χ0n) is 21.7. The topological polar surface area (TPSA) is 33.0 Å². The van der Waals surface area contributed by atoms with Crippen LogP contribution in [-0.4, -0.2) is 12.7 Å². The summed E-state index contributed by atoms with van der Waals surface area (Å²) in [6, 6.07) is 2.71. The van der Waals surface area contributed by atoms with E-state index >= 15 is 0 Å². The zero-order valence-corrected chi connectivity index (χ0v) is 21.7. The SMILES string of the molecule is CC1(C)C=C(C#N)[C@]2(C)[C@H]3CC[C@@H]4[C@H]5[C@H]6OC[C@@]5(CCC6(C)C)CC[C@@]4(C)[C@]3(C)CC[C@@H]12. The van der Waals surface area contributed by atoms with E-state index in [1.54, 1.807) is 0 Å². The van der Waals surface area contributed by atoms with Crippen LogP contribution in [0.2, 0.25) is 0 Å². The summed E-state index contributed by atoms with van der Waals surface area (Å²) < 4.78 is 6.69. The number of ether oxygens (including phenoxy) is 1. The van der Waals surface area contributed by atoms with Gasteiger partial charge in [-0.1, -0.05) is 54.5 Å². The number of hydrogen-bond acceptors (Lipinski definition) is 2. The lowest BCUT2D eigenvalue weighted by molar-refractivity contribution is -0.222. The third-order valence-corrected chi connectivity index (χ3v) is 13.4. The third-order valence-electron chi connectivity index (χ3n) is 13.4. The van der Waals surface area contributed by atoms with E-state index in [0.717, 1.165) is 24.0 Å². The Morgan fingerprint density at radius 1 is 0.844 bits per heavy atom. The van der Waals surface area contributed by atoms with Crippen LogP contribution in [0.4, 0.5) is 0 Å². The van der Waals surface area contributed by atoms with Crippen LogP contribution in [0.1, 0.15) is 99.8 Å². The molecule has 176 valence electrons. The molecule has 1 heterocycles. The molecule has 32 heavy (non-hydrogen) atoms. The fourth-order valence-corrected chi connectivity index (χ4v) is 11.5. The highest BCUT2D eigenvalue weighted by molar-refractivity contribution is 5.41. The first-order chi connectivity index (χ1) is 14.9. The van der Waals surface area contributed by atoms with E-state index < -0.39 is 0 Å². The van der Waals surface area contributed by atoms with Gasteiger partial charge in [0.15, 0.2) is 0 Å². The van der Waals surface area contributed by atoms with Gasteiger partial charge in [0, 0.05) is 11.0 Å². The van der Waals surface area contributed by atoms with Gasteiger partial charge >= 0.3 is 0 Å². The molecule has 1 aliphatic heterocycles. The fourth-order valence-electron chi connectivity index (χ4n) is 11.5. The van der Waals surface area contributed by atoms with E-state index in [-0.39, 0.29) is 10.8 Å². The Hall–Kier alpha value is -0.810. The molecule has 1 saturated heterocycles. The van der Waals surface area contributed by atoms with Crippen molar-refractivity contribution in [3.05, 3.63) is 11.6 Å². The Balaban J connectivity index is 1.43. The van der Waals surface area contributed by atoms with Gasteiger partial charge in [-0.3, -0.25) is 0 Å². The van der Waals surface area contributed by atoms with Crippen molar-refractivity contribution in [2.45, 2.75) is 106 Å². The minimum Gasteiger partial charge on any atom is -0.377 e. The molecule has 4 saturated carbocycles. The van der Waals surface area contributed by atoms with E-state index in [9.17, 15) is 5.26 Å². The third kappa shape index (κ3) is 2.22. The summed E-state index contributed by atoms with van der Waals surface area (Å²) >= 11 is 0. The van der Waals surface area contributed by atoms with E-state index in [2.05, 4.69) is 60.6 Å². The van der Waals surface area contributed by atoms with Crippen molar-refractivity contribution < 1.29 is 4.74 Å². The van der Waals surface area contributed by atoms with Gasteiger partial charge in [0.2, 0.25) is 0 Å². The van der Waals surface area contributed by atoms with Gasteiger partial charge in [-0.25, -0.2) is 0 Å². The summed E-state index contributed by atoms with van der Waals surface area (Å²) in [6.45, 7) is 18.6. The first-order valence-corrected chi connectivity index (χ1v) is 13.6. The highest BCUT2D eigenvalue weighted by Crippen LogP contribution is 2.78. The van der Waals surface area contributed by atoms with Gasteiger partial charge in [0.25, 0.3) is 0 Å². The summed E-state index contributed by atoms with van der Waals surface area (Å²) in [5, 5.41) is 10.2. The number of fused-ring (bicyclic) bond motifs is 5. The zero-order chi connectivity index (χ0) is 22.9. The quantitative estimate of drug-likeness (QED) is 0.393. The Kier molecular flexibility index (Phi) is 4.11. The summed E-state index contributed by atoms with van der Waals surface area (Å²) in [7, 11) is 0. The molecular formula is C30H45NO. The van der Waals surface area contributed by atoms with Crippen molar-refractivity contribution >= 4 is 0 Å². The van der Waals surface area contributed by atoms with Crippen LogP contribution < -0.4 is 0 Å². The number of allylic oxidation sites excluding steroid dienone is 2. The van der Waals surface area contributed by atoms with E-state index in [4.69, 9.17) is 4.74 Å². The molecule has 6 rings (SSSR count). The first kappa shape index (κ1) is 21.7. The van der Waals surface area contributed by atoms with Gasteiger partial charge in [0.1, 0.15) is 0 Å². The largest absolute Gasteiger partial charge is 0.377 e. The van der Waals surface area contributed by atoms with Gasteiger partial charge < -0.3 is 4.74 Å². The molecule has 0 aromatic heterocycles. The molecule has 0 radical (unpaired) electrons. The van der Waals surface area contributed by atoms with Crippen molar-refractivity contribution in [3.63, 3.8) is 0 Å². The normalized spacial score (nSPS) is 56.8. The van der Waals surface area contributed by atoms with Crippen LogP contribution >= 0.6 is 0 Å². The standard InChI is InChI=1S/C30H45NO/c1-25(2)12-14-30-15-13-27(5)20(23(30)24(25)32-18-30)8-9-22-28(27,6)11-10-21-26(3,4)16-19(17-31)29(21,22)7/h16,20-24H,8-15,18H2,1-7H3/t20-,21+,22+,23+,24-,27-,28-,29+,30-/m1/s1. The van der Waals surface area contributed by atoms with Crippen molar-refractivity contribution in [1.29, 1.82) is 5.26 Å². The van der Waals surface area contributed by atoms with Crippen molar-refractivity contribution in [1.82, 2.24) is 0 Å². The lowest BCUT2D eigenvalue weighted by atomic mass is 9.33. The number of rotatable bonds is 0. The molecule has 2 nitrogen and oxygen atoms in total. The minimum atomic E-state index is 0.0513. The molecule has 6 aliphatic rings. The molecule has 0 N–H and O–H groups in total. The van der Waals surface area contributed by atoms with Crippen molar-refractivity contribution in [2.75, 3.05) is 6.61 Å². The average molecular weight is 436 g/mol. The Labute approximate surface area is 196 Å². The Morgan fingerprint density at radius 2 is 1.56 bits per heavy atom. The van der Waals surface area contributed by atoms with Gasteiger partial charge in [-0.05, 0) is 102 Å². The highest BCUT2D eigenvalue weighted by Gasteiger charge is 2.73. The van der Waals surface area contributed by atoms with Crippen molar-refractivity contribution in [2.24, 2.45) is 56.2 Å². The predicted octanol–water partition coefficient (Wildman–Crippen LogP) is 7.55. The van der Waals surface area contributed by atoms with Crippen LogP contribution in [0.15, 0.2) is 11.6 Å². The molecule has 5 aliphatic carbocycles. The molecule has 9 atom stereocenters. The second-order valence-corrected chi connectivity index (χ2v) is 15.0. The summed E-state index contributed by atoms with van der Waals surface area (Å²) in [6.07, 6.45) is 13.5. The maximum absolute atomic E-state index is 10.2. The summed E-state index contributed by atoms with van der Waals surface area (Å²) in [4.78, 5) is 0. The maximum atomic E-state index is 10.2. The Bertz CT molecular complexity index is 924. The van der Waals surface area contributed by atoms with Gasteiger partial charge in [-0.2, -0.15) is 5.26 Å². The molecule has 0 aromatic carbocycles. The van der Waals surface area contributed by atoms with E-state index in [1.165, 1.54) is 51.4 Å². The molecule has 0 aromatic rings. The van der Waals surface area contributed by atoms with E-state index in [0.29, 0.717) is 39.6 Å². The highest BCUT2D eigenvalue weighted by atomic mass is 16.5. The lowest BCUT2D eigenvalue weighted by Crippen LogP contribution is -2.66. The second kappa shape index (κ2) is 6.05. The first-order valence-electron chi connectivity index (χ1n) is 13.6. The summed E-state index contributed by atoms with van der Waals surface area (Å²) in [5.74, 6) is 2.78. The van der Waals surface area contributed by atoms with E-state index in [1.807, 2.05) is 0 Å². The molecule has 0 spiro atoms. The second-order valence-electron chi connectivity index (χ2n) is 15.0. The monoisotopic (exact) mass is 435 g/mol. The van der Waals surface area contributed by atoms with Gasteiger partial charge in [0.05, 0.1) is 18.8 Å². The fraction of sp³-hybridized carbons (Fsp3) is 0.900. The number of nitriles is 1. The van der Waals surface area contributed by atoms with Gasteiger partial charge in [-0.15, -0.1) is 0 Å². The lowest BCUT2D eigenvalue weighted by Gasteiger charge is -2.71. The number of hydrogen-bond donors (Lipinski definition) is 0. The predicted molar refractivity (Wildman–Crippen MR) is 129 cm³/mol. The molecule has 5 fully saturated rings. The number of nitrogens with zero attached hydrogens (tertiary/aromatic N) is 1. The average Bonchev–Trinajstić information content (AvgIpc) is 3.16. The molecule has 2 bridgehead atoms. The minimum absolute atomic E-state index is 0.0513. The van der Waals surface area contributed by atoms with Crippen molar-refractivity contribution in [3.8, 4) is 6.07 Å².